The first-order chi connectivity index (χ1) is 15.5. The lowest BCUT2D eigenvalue weighted by atomic mass is 9.92. The Kier molecular flexibility index (Phi) is 7.16. The number of rotatable bonds is 5. The number of piperidine rings is 1. The van der Waals surface area contributed by atoms with Crippen LogP contribution < -0.4 is 15.0 Å². The van der Waals surface area contributed by atoms with Crippen molar-refractivity contribution in [2.45, 2.75) is 57.6 Å². The molecule has 0 bridgehead atoms. The third-order valence-electron chi connectivity index (χ3n) is 6.49. The van der Waals surface area contributed by atoms with Crippen LogP contribution in [0.5, 0.6) is 5.75 Å². The van der Waals surface area contributed by atoms with Crippen molar-refractivity contribution in [3.8, 4) is 11.8 Å². The molecule has 32 heavy (non-hydrogen) atoms. The summed E-state index contributed by atoms with van der Waals surface area (Å²) >= 11 is 6.09. The minimum Gasteiger partial charge on any atom is -0.490 e. The van der Waals surface area contributed by atoms with Crippen LogP contribution in [0, 0.1) is 17.2 Å². The fraction of sp³-hybridized carbons (Fsp3) is 0.480. The molecule has 0 unspecified atom stereocenters. The van der Waals surface area contributed by atoms with Gasteiger partial charge in [-0.05, 0) is 68.7 Å². The van der Waals surface area contributed by atoms with Crippen molar-refractivity contribution in [3.63, 3.8) is 0 Å². The zero-order valence-corrected chi connectivity index (χ0v) is 19.1. The van der Waals surface area contributed by atoms with Crippen LogP contribution >= 0.6 is 11.6 Å². The average Bonchev–Trinajstić information content (AvgIpc) is 2.81. The van der Waals surface area contributed by atoms with E-state index in [1.165, 1.54) is 12.8 Å². The number of carbonyl (C=O) groups is 1. The second-order valence-corrected chi connectivity index (χ2v) is 9.30. The van der Waals surface area contributed by atoms with Crippen molar-refractivity contribution in [2.75, 3.05) is 18.0 Å². The summed E-state index contributed by atoms with van der Waals surface area (Å²) in [7, 11) is 0. The lowest BCUT2D eigenvalue weighted by Crippen LogP contribution is -2.39. The maximum Gasteiger partial charge on any atom is 0.253 e. The van der Waals surface area contributed by atoms with E-state index >= 15 is 0 Å². The number of anilines is 1. The summed E-state index contributed by atoms with van der Waals surface area (Å²) in [6, 6.07) is 11.2. The molecular weight excluding hydrogens is 424 g/mol. The summed E-state index contributed by atoms with van der Waals surface area (Å²) in [5, 5.41) is 12.5. The van der Waals surface area contributed by atoms with Gasteiger partial charge in [0.2, 0.25) is 0 Å². The molecule has 168 valence electrons. The number of benzene rings is 1. The van der Waals surface area contributed by atoms with Gasteiger partial charge in [0.05, 0.1) is 22.3 Å². The highest BCUT2D eigenvalue weighted by molar-refractivity contribution is 6.31. The maximum absolute atomic E-state index is 12.7. The van der Waals surface area contributed by atoms with Gasteiger partial charge in [0.15, 0.2) is 0 Å². The number of amides is 1. The first-order valence-electron chi connectivity index (χ1n) is 11.4. The van der Waals surface area contributed by atoms with Crippen LogP contribution in [0.1, 0.15) is 61.4 Å². The summed E-state index contributed by atoms with van der Waals surface area (Å²) in [6.07, 6.45) is 7.57. The lowest BCUT2D eigenvalue weighted by Gasteiger charge is -2.31. The van der Waals surface area contributed by atoms with Gasteiger partial charge in [-0.3, -0.25) is 4.79 Å². The Bertz CT molecular complexity index is 972. The Morgan fingerprint density at radius 3 is 2.53 bits per heavy atom. The highest BCUT2D eigenvalue weighted by Gasteiger charge is 2.24. The monoisotopic (exact) mass is 452 g/mol. The molecule has 2 aromatic rings. The average molecular weight is 453 g/mol. The molecule has 1 N–H and O–H groups in total. The number of nitrogens with one attached hydrogen (secondary N) is 1. The van der Waals surface area contributed by atoms with Gasteiger partial charge in [0, 0.05) is 31.4 Å². The summed E-state index contributed by atoms with van der Waals surface area (Å²) < 4.78 is 6.03. The van der Waals surface area contributed by atoms with Crippen molar-refractivity contribution in [2.24, 2.45) is 5.92 Å². The zero-order valence-electron chi connectivity index (χ0n) is 18.4. The zero-order chi connectivity index (χ0) is 22.5. The number of nitrogens with zero attached hydrogens (tertiary/aromatic N) is 3. The molecule has 0 atom stereocenters. The minimum atomic E-state index is -0.0699. The van der Waals surface area contributed by atoms with E-state index < -0.39 is 0 Å². The molecule has 1 aliphatic carbocycles. The standard InChI is InChI=1S/C25H29ClN4O2/c1-17-10-12-30(13-11-17)24-9-3-19(16-28-24)25(31)29-20-4-7-21(8-5-20)32-22-6-2-18(15-27)23(26)14-22/h2-3,6,9,14,16-17,20-21H,4-5,7-8,10-13H2,1H3,(H,29,31). The molecule has 7 heteroatoms. The third kappa shape index (κ3) is 5.52. The normalized spacial score (nSPS) is 21.6. The van der Waals surface area contributed by atoms with Crippen LogP contribution in [0.25, 0.3) is 0 Å². The molecule has 2 aliphatic rings. The van der Waals surface area contributed by atoms with E-state index in [1.807, 2.05) is 12.1 Å². The first kappa shape index (κ1) is 22.4. The summed E-state index contributed by atoms with van der Waals surface area (Å²) in [5.41, 5.74) is 1.04. The molecule has 2 heterocycles. The maximum atomic E-state index is 12.7. The molecule has 4 rings (SSSR count). The van der Waals surface area contributed by atoms with E-state index in [0.717, 1.165) is 50.5 Å². The van der Waals surface area contributed by atoms with E-state index in [2.05, 4.69) is 28.2 Å². The van der Waals surface area contributed by atoms with Crippen LogP contribution in [0.15, 0.2) is 36.5 Å². The van der Waals surface area contributed by atoms with Crippen LogP contribution in [0.4, 0.5) is 5.82 Å². The molecule has 0 radical (unpaired) electrons. The van der Waals surface area contributed by atoms with Gasteiger partial charge in [0.25, 0.3) is 5.91 Å². The van der Waals surface area contributed by atoms with Gasteiger partial charge in [-0.1, -0.05) is 18.5 Å². The van der Waals surface area contributed by atoms with Crippen molar-refractivity contribution in [1.29, 1.82) is 5.26 Å². The molecule has 1 amide bonds. The van der Waals surface area contributed by atoms with Crippen molar-refractivity contribution >= 4 is 23.3 Å². The predicted molar refractivity (Wildman–Crippen MR) is 125 cm³/mol. The summed E-state index contributed by atoms with van der Waals surface area (Å²) in [5.74, 6) is 2.34. The van der Waals surface area contributed by atoms with Gasteiger partial charge in [0.1, 0.15) is 17.6 Å². The fourth-order valence-corrected chi connectivity index (χ4v) is 4.60. The van der Waals surface area contributed by atoms with Gasteiger partial charge >= 0.3 is 0 Å². The topological polar surface area (TPSA) is 78.3 Å². The Morgan fingerprint density at radius 1 is 1.16 bits per heavy atom. The number of ether oxygens (including phenoxy) is 1. The number of hydrogen-bond donors (Lipinski definition) is 1. The highest BCUT2D eigenvalue weighted by Crippen LogP contribution is 2.27. The summed E-state index contributed by atoms with van der Waals surface area (Å²) in [6.45, 7) is 4.35. The summed E-state index contributed by atoms with van der Waals surface area (Å²) in [4.78, 5) is 19.5. The van der Waals surface area contributed by atoms with Crippen LogP contribution in [0.3, 0.4) is 0 Å². The van der Waals surface area contributed by atoms with E-state index in [1.54, 1.807) is 24.4 Å². The van der Waals surface area contributed by atoms with E-state index in [0.29, 0.717) is 21.9 Å². The molecule has 1 saturated carbocycles. The van der Waals surface area contributed by atoms with Crippen LogP contribution in [0.2, 0.25) is 5.02 Å². The number of aromatic nitrogens is 1. The molecular formula is C25H29ClN4O2. The molecule has 2 fully saturated rings. The van der Waals surface area contributed by atoms with Crippen LogP contribution in [-0.2, 0) is 0 Å². The van der Waals surface area contributed by atoms with Gasteiger partial charge in [-0.2, -0.15) is 5.26 Å². The molecule has 1 saturated heterocycles. The quantitative estimate of drug-likeness (QED) is 0.693. The molecule has 1 aliphatic heterocycles. The van der Waals surface area contributed by atoms with Gasteiger partial charge < -0.3 is 15.0 Å². The Balaban J connectivity index is 1.24. The number of hydrogen-bond acceptors (Lipinski definition) is 5. The Labute approximate surface area is 194 Å². The fourth-order valence-electron chi connectivity index (χ4n) is 4.39. The van der Waals surface area contributed by atoms with Crippen molar-refractivity contribution < 1.29 is 9.53 Å². The molecule has 0 spiro atoms. The van der Waals surface area contributed by atoms with E-state index in [9.17, 15) is 4.79 Å². The van der Waals surface area contributed by atoms with Crippen molar-refractivity contribution in [3.05, 3.63) is 52.7 Å². The number of carbonyl (C=O) groups excluding carboxylic acids is 1. The largest absolute Gasteiger partial charge is 0.490 e. The highest BCUT2D eigenvalue weighted by atomic mass is 35.5. The minimum absolute atomic E-state index is 0.0699. The van der Waals surface area contributed by atoms with Gasteiger partial charge in [-0.25, -0.2) is 4.98 Å². The molecule has 1 aromatic carbocycles. The first-order valence-corrected chi connectivity index (χ1v) is 11.8. The Morgan fingerprint density at radius 2 is 1.91 bits per heavy atom. The molecule has 6 nitrogen and oxygen atoms in total. The Hall–Kier alpha value is -2.78. The van der Waals surface area contributed by atoms with Crippen LogP contribution in [-0.4, -0.2) is 36.1 Å². The van der Waals surface area contributed by atoms with Crippen molar-refractivity contribution in [1.82, 2.24) is 10.3 Å². The second-order valence-electron chi connectivity index (χ2n) is 8.89. The lowest BCUT2D eigenvalue weighted by molar-refractivity contribution is 0.0893. The third-order valence-corrected chi connectivity index (χ3v) is 6.80. The number of halogens is 1. The SMILES string of the molecule is CC1CCN(c2ccc(C(=O)NC3CCC(Oc4ccc(C#N)c(Cl)c4)CC3)cn2)CC1. The molecule has 1 aromatic heterocycles. The number of nitriles is 1. The van der Waals surface area contributed by atoms with Gasteiger partial charge in [-0.15, -0.1) is 0 Å². The van der Waals surface area contributed by atoms with E-state index in [4.69, 9.17) is 21.6 Å². The number of pyridine rings is 1. The predicted octanol–water partition coefficient (Wildman–Crippen LogP) is 4.96. The smallest absolute Gasteiger partial charge is 0.253 e. The second kappa shape index (κ2) is 10.2. The van der Waals surface area contributed by atoms with E-state index in [-0.39, 0.29) is 18.1 Å².